The number of nitrogens with zero attached hydrogens (tertiary/aromatic N) is 9. The topological polar surface area (TPSA) is 163 Å². The van der Waals surface area contributed by atoms with Gasteiger partial charge in [0.2, 0.25) is 11.7 Å². The van der Waals surface area contributed by atoms with Gasteiger partial charge in [0.1, 0.15) is 37.0 Å². The molecule has 0 atom stereocenters. The Morgan fingerprint density at radius 3 is 2.54 bits per heavy atom. The Bertz CT molecular complexity index is 2030. The maximum atomic E-state index is 13.5. The fraction of sp³-hybridized carbons (Fsp3) is 0.576. The lowest BCUT2D eigenvalue weighted by Crippen LogP contribution is -2.65. The Kier molecular flexibility index (Phi) is 10.8. The van der Waals surface area contributed by atoms with Gasteiger partial charge >= 0.3 is 6.18 Å². The number of likely N-dealkylation sites (tertiary alicyclic amines) is 1. The molecule has 0 spiro atoms. The van der Waals surface area contributed by atoms with E-state index in [4.69, 9.17) is 14.6 Å². The second kappa shape index (κ2) is 14.8. The number of nitriles is 1. The summed E-state index contributed by atoms with van der Waals surface area (Å²) >= 11 is 0. The van der Waals surface area contributed by atoms with E-state index in [1.807, 2.05) is 27.7 Å². The zero-order chi connectivity index (χ0) is 37.3. The zero-order valence-electron chi connectivity index (χ0n) is 29.5. The maximum absolute atomic E-state index is 13.5. The summed E-state index contributed by atoms with van der Waals surface area (Å²) in [7, 11) is -5.09. The molecule has 4 aromatic rings. The van der Waals surface area contributed by atoms with Crippen molar-refractivity contribution in [3.63, 3.8) is 0 Å². The molecule has 5 heterocycles. The molecule has 2 aliphatic rings. The summed E-state index contributed by atoms with van der Waals surface area (Å²) in [6.45, 7) is 8.63. The summed E-state index contributed by atoms with van der Waals surface area (Å²) in [6, 6.07) is 6.77. The van der Waals surface area contributed by atoms with Crippen LogP contribution in [-0.4, -0.2) is 93.8 Å². The molecule has 6 rings (SSSR count). The van der Waals surface area contributed by atoms with E-state index < -0.39 is 42.3 Å². The molecule has 14 nitrogen and oxygen atoms in total. The van der Waals surface area contributed by atoms with E-state index in [1.165, 1.54) is 12.4 Å². The number of hydrogen-bond donors (Lipinski definition) is 0. The van der Waals surface area contributed by atoms with Gasteiger partial charge in [0.05, 0.1) is 36.3 Å². The number of aromatic nitrogens is 7. The zero-order valence-corrected chi connectivity index (χ0v) is 31.3. The number of fused-ring (bicyclic) bond motifs is 1. The first-order valence-corrected chi connectivity index (χ1v) is 22.5. The van der Waals surface area contributed by atoms with Gasteiger partial charge < -0.3 is 14.0 Å². The van der Waals surface area contributed by atoms with Crippen molar-refractivity contribution < 1.29 is 35.2 Å². The summed E-state index contributed by atoms with van der Waals surface area (Å²) in [5.41, 5.74) is 1.58. The van der Waals surface area contributed by atoms with Crippen LogP contribution in [0, 0.1) is 11.3 Å². The minimum atomic E-state index is -4.85. The Morgan fingerprint density at radius 1 is 1.12 bits per heavy atom. The standard InChI is InChI=1S/C33H42F3N9O5SSi/c1-51(46,47)49-18-24-15-28(42-31(41-24)33(34,35)36)50-26-7-5-25(6-8-26)44-19-32(20-44,10-11-37)45-17-23(16-40-45)29-27-9-12-43(30(27)39-21-38-29)22-48-13-14-52(2,3)4/h9,12,15-17,21,25-26H,5-8,10,13-14,18-20,22H2,1-4H3. The van der Waals surface area contributed by atoms with E-state index in [0.29, 0.717) is 39.3 Å². The molecule has 0 aromatic carbocycles. The van der Waals surface area contributed by atoms with Crippen LogP contribution in [0.15, 0.2) is 37.1 Å². The third-order valence-electron chi connectivity index (χ3n) is 9.41. The highest BCUT2D eigenvalue weighted by Gasteiger charge is 2.48. The van der Waals surface area contributed by atoms with Crippen molar-refractivity contribution in [3.8, 4) is 23.2 Å². The maximum Gasteiger partial charge on any atom is 0.451 e. The molecule has 0 radical (unpaired) electrons. The van der Waals surface area contributed by atoms with Gasteiger partial charge in [-0.15, -0.1) is 0 Å². The van der Waals surface area contributed by atoms with E-state index in [0.717, 1.165) is 47.4 Å². The molecule has 0 bridgehead atoms. The van der Waals surface area contributed by atoms with Gasteiger partial charge in [-0.1, -0.05) is 19.6 Å². The molecule has 1 saturated heterocycles. The van der Waals surface area contributed by atoms with Crippen LogP contribution >= 0.6 is 0 Å². The number of alkyl halides is 3. The molecular weight excluding hydrogens is 720 g/mol. The van der Waals surface area contributed by atoms with Crippen LogP contribution in [0.2, 0.25) is 25.7 Å². The third-order valence-corrected chi connectivity index (χ3v) is 11.7. The monoisotopic (exact) mass is 761 g/mol. The van der Waals surface area contributed by atoms with Crippen LogP contribution in [0.25, 0.3) is 22.3 Å². The van der Waals surface area contributed by atoms with Crippen LogP contribution in [-0.2, 0) is 44.1 Å². The van der Waals surface area contributed by atoms with Crippen molar-refractivity contribution in [3.05, 3.63) is 48.6 Å². The van der Waals surface area contributed by atoms with Gasteiger partial charge in [-0.05, 0) is 37.8 Å². The first-order valence-electron chi connectivity index (χ1n) is 17.0. The van der Waals surface area contributed by atoms with Gasteiger partial charge in [-0.3, -0.25) is 13.8 Å². The third kappa shape index (κ3) is 8.97. The number of hydrogen-bond acceptors (Lipinski definition) is 12. The second-order valence-electron chi connectivity index (χ2n) is 14.8. The van der Waals surface area contributed by atoms with Crippen molar-refractivity contribution >= 4 is 29.2 Å². The highest BCUT2D eigenvalue weighted by Crippen LogP contribution is 2.39. The van der Waals surface area contributed by atoms with Crippen LogP contribution in [0.4, 0.5) is 13.2 Å². The molecule has 1 aliphatic carbocycles. The molecule has 280 valence electrons. The Labute approximate surface area is 301 Å². The number of ether oxygens (including phenoxy) is 2. The summed E-state index contributed by atoms with van der Waals surface area (Å²) in [5.74, 6) is -1.71. The number of halogens is 3. The molecular formula is C33H42F3N9O5SSi. The Hall–Kier alpha value is -3.96. The van der Waals surface area contributed by atoms with Crippen molar-refractivity contribution in [1.29, 1.82) is 5.26 Å². The van der Waals surface area contributed by atoms with Crippen LogP contribution < -0.4 is 4.74 Å². The minimum Gasteiger partial charge on any atom is -0.474 e. The van der Waals surface area contributed by atoms with Gasteiger partial charge in [0, 0.05) is 63.2 Å². The van der Waals surface area contributed by atoms with E-state index >= 15 is 0 Å². The molecule has 0 N–H and O–H groups in total. The summed E-state index contributed by atoms with van der Waals surface area (Å²) in [4.78, 5) is 18.3. The molecule has 0 amide bonds. The molecule has 1 aliphatic heterocycles. The lowest BCUT2D eigenvalue weighted by atomic mass is 9.82. The molecule has 1 saturated carbocycles. The second-order valence-corrected chi connectivity index (χ2v) is 22.0. The average molecular weight is 762 g/mol. The highest BCUT2D eigenvalue weighted by molar-refractivity contribution is 7.85. The van der Waals surface area contributed by atoms with E-state index in [2.05, 4.69) is 54.7 Å². The highest BCUT2D eigenvalue weighted by atomic mass is 32.2. The normalized spacial score (nSPS) is 19.7. The van der Waals surface area contributed by atoms with Gasteiger partial charge in [0.25, 0.3) is 10.1 Å². The summed E-state index contributed by atoms with van der Waals surface area (Å²) < 4.78 is 83.4. The predicted molar refractivity (Wildman–Crippen MR) is 186 cm³/mol. The molecule has 4 aromatic heterocycles. The van der Waals surface area contributed by atoms with E-state index in [9.17, 15) is 26.9 Å². The molecule has 0 unspecified atom stereocenters. The van der Waals surface area contributed by atoms with E-state index in [1.54, 1.807) is 6.20 Å². The quantitative estimate of drug-likeness (QED) is 0.0939. The Balaban J connectivity index is 1.07. The van der Waals surface area contributed by atoms with Crippen molar-refractivity contribution in [2.45, 2.75) is 95.0 Å². The summed E-state index contributed by atoms with van der Waals surface area (Å²) in [5, 5.41) is 15.4. The van der Waals surface area contributed by atoms with Crippen molar-refractivity contribution in [2.75, 3.05) is 26.0 Å². The van der Waals surface area contributed by atoms with Crippen LogP contribution in [0.5, 0.6) is 5.88 Å². The molecule has 2 fully saturated rings. The van der Waals surface area contributed by atoms with Crippen molar-refractivity contribution in [2.24, 2.45) is 0 Å². The largest absolute Gasteiger partial charge is 0.474 e. The molecule has 19 heteroatoms. The first kappa shape index (κ1) is 37.8. The first-order chi connectivity index (χ1) is 24.5. The predicted octanol–water partition coefficient (Wildman–Crippen LogP) is 5.21. The van der Waals surface area contributed by atoms with Crippen molar-refractivity contribution in [1.82, 2.24) is 39.2 Å². The van der Waals surface area contributed by atoms with Gasteiger partial charge in [-0.2, -0.15) is 36.9 Å². The van der Waals surface area contributed by atoms with Gasteiger partial charge in [-0.25, -0.2) is 15.0 Å². The van der Waals surface area contributed by atoms with Crippen LogP contribution in [0.1, 0.15) is 43.6 Å². The average Bonchev–Trinajstić information content (AvgIpc) is 3.71. The minimum absolute atomic E-state index is 0.200. The molecule has 52 heavy (non-hydrogen) atoms. The fourth-order valence-corrected chi connectivity index (χ4v) is 7.73. The fourth-order valence-electron chi connectivity index (χ4n) is 6.64. The lowest BCUT2D eigenvalue weighted by Gasteiger charge is -2.53. The summed E-state index contributed by atoms with van der Waals surface area (Å²) in [6.07, 6.45) is 5.64. The smallest absolute Gasteiger partial charge is 0.451 e. The lowest BCUT2D eigenvalue weighted by molar-refractivity contribution is -0.145. The number of rotatable bonds is 14. The van der Waals surface area contributed by atoms with Gasteiger partial charge in [0.15, 0.2) is 0 Å². The Morgan fingerprint density at radius 2 is 1.87 bits per heavy atom. The van der Waals surface area contributed by atoms with E-state index in [-0.39, 0.29) is 30.1 Å². The SMILES string of the molecule is C[Si](C)(C)CCOCn1ccc2c(-c3cnn(C4(CC#N)CN(C5CCC(Oc6cc(COS(C)(=O)=O)nc(C(F)(F)F)n6)CC5)C4)c3)ncnc21. The van der Waals surface area contributed by atoms with Crippen LogP contribution in [0.3, 0.4) is 0 Å².